The van der Waals surface area contributed by atoms with Crippen molar-refractivity contribution in [3.05, 3.63) is 112 Å². The van der Waals surface area contributed by atoms with Gasteiger partial charge in [0.1, 0.15) is 23.2 Å². The molecule has 3 aromatic carbocycles. The van der Waals surface area contributed by atoms with Gasteiger partial charge in [-0.25, -0.2) is 9.37 Å². The van der Waals surface area contributed by atoms with Crippen LogP contribution in [0.3, 0.4) is 0 Å². The maximum Gasteiger partial charge on any atom is 0.302 e. The van der Waals surface area contributed by atoms with Gasteiger partial charge in [0.05, 0.1) is 16.5 Å². The molecule has 0 unspecified atom stereocenters. The van der Waals surface area contributed by atoms with Crippen molar-refractivity contribution in [3.63, 3.8) is 0 Å². The van der Waals surface area contributed by atoms with E-state index in [1.54, 1.807) is 35.6 Å². The Balaban J connectivity index is 1.52. The van der Waals surface area contributed by atoms with Crippen molar-refractivity contribution in [2.45, 2.75) is 13.3 Å². The minimum Gasteiger partial charge on any atom is -0.488 e. The van der Waals surface area contributed by atoms with Crippen molar-refractivity contribution in [2.75, 3.05) is 13.2 Å². The summed E-state index contributed by atoms with van der Waals surface area (Å²) in [5, 5.41) is 1.38. The predicted octanol–water partition coefficient (Wildman–Crippen LogP) is 7.22. The van der Waals surface area contributed by atoms with Crippen molar-refractivity contribution in [1.82, 2.24) is 4.98 Å². The Labute approximate surface area is 212 Å². The summed E-state index contributed by atoms with van der Waals surface area (Å²) in [6.45, 7) is 1.94. The maximum absolute atomic E-state index is 13.6. The number of ether oxygens (including phenoxy) is 2. The minimum absolute atomic E-state index is 0.262. The number of carbonyl (C=O) groups is 1. The number of esters is 1. The lowest BCUT2D eigenvalue weighted by Crippen LogP contribution is -2.03. The zero-order valence-electron chi connectivity index (χ0n) is 19.0. The summed E-state index contributed by atoms with van der Waals surface area (Å²) in [5.74, 6) is -0.0530. The summed E-state index contributed by atoms with van der Waals surface area (Å²) < 4.78 is 24.5. The van der Waals surface area contributed by atoms with E-state index in [0.717, 1.165) is 32.1 Å². The van der Waals surface area contributed by atoms with E-state index in [0.29, 0.717) is 23.8 Å². The fraction of sp³-hybridized carbons (Fsp3) is 0.143. The van der Waals surface area contributed by atoms with Gasteiger partial charge in [-0.1, -0.05) is 60.1 Å². The second-order valence-electron chi connectivity index (χ2n) is 7.69. The molecule has 7 heteroatoms. The van der Waals surface area contributed by atoms with Crippen molar-refractivity contribution >= 4 is 34.5 Å². The van der Waals surface area contributed by atoms with E-state index < -0.39 is 0 Å². The fourth-order valence-corrected chi connectivity index (χ4v) is 4.69. The van der Waals surface area contributed by atoms with Crippen LogP contribution >= 0.6 is 22.9 Å². The quantitative estimate of drug-likeness (QED) is 0.224. The number of aromatic nitrogens is 1. The van der Waals surface area contributed by atoms with E-state index in [-0.39, 0.29) is 18.4 Å². The van der Waals surface area contributed by atoms with Crippen molar-refractivity contribution in [2.24, 2.45) is 0 Å². The van der Waals surface area contributed by atoms with E-state index in [4.69, 9.17) is 21.1 Å². The molecule has 1 heterocycles. The summed E-state index contributed by atoms with van der Waals surface area (Å²) in [4.78, 5) is 16.5. The summed E-state index contributed by atoms with van der Waals surface area (Å²) in [6.07, 6.45) is 4.34. The Morgan fingerprint density at radius 1 is 1.09 bits per heavy atom. The lowest BCUT2D eigenvalue weighted by atomic mass is 10.0. The van der Waals surface area contributed by atoms with E-state index in [1.165, 1.54) is 19.1 Å². The van der Waals surface area contributed by atoms with Crippen LogP contribution in [0.15, 0.2) is 85.1 Å². The zero-order valence-corrected chi connectivity index (χ0v) is 20.6. The van der Waals surface area contributed by atoms with Gasteiger partial charge in [0.25, 0.3) is 0 Å². The third-order valence-electron chi connectivity index (χ3n) is 5.17. The maximum atomic E-state index is 13.6. The van der Waals surface area contributed by atoms with Crippen molar-refractivity contribution in [1.29, 1.82) is 0 Å². The Hall–Kier alpha value is -3.48. The molecule has 0 saturated heterocycles. The number of carbonyl (C=O) groups excluding carboxylic acids is 1. The highest BCUT2D eigenvalue weighted by atomic mass is 35.5. The molecule has 0 atom stereocenters. The van der Waals surface area contributed by atoms with Gasteiger partial charge in [0.15, 0.2) is 0 Å². The minimum atomic E-state index is -0.309. The molecule has 4 rings (SSSR count). The van der Waals surface area contributed by atoms with Gasteiger partial charge >= 0.3 is 5.97 Å². The van der Waals surface area contributed by atoms with E-state index in [9.17, 15) is 9.18 Å². The first-order valence-electron chi connectivity index (χ1n) is 11.0. The van der Waals surface area contributed by atoms with Crippen LogP contribution < -0.4 is 4.74 Å². The first-order valence-corrected chi connectivity index (χ1v) is 12.2. The SMILES string of the molecule is CC(=O)OCCc1ccc(OC/C=C(/c2ccc(F)cc2)c2cnc(-c3ccccc3)s2)c(Cl)c1. The predicted molar refractivity (Wildman–Crippen MR) is 138 cm³/mol. The zero-order chi connectivity index (χ0) is 24.6. The lowest BCUT2D eigenvalue weighted by Gasteiger charge is -2.10. The first kappa shape index (κ1) is 24.6. The highest BCUT2D eigenvalue weighted by Gasteiger charge is 2.12. The molecule has 0 saturated carbocycles. The molecule has 4 nitrogen and oxygen atoms in total. The molecule has 178 valence electrons. The highest BCUT2D eigenvalue weighted by molar-refractivity contribution is 7.16. The second-order valence-corrected chi connectivity index (χ2v) is 9.12. The Morgan fingerprint density at radius 2 is 1.86 bits per heavy atom. The second kappa shape index (κ2) is 11.8. The summed E-state index contributed by atoms with van der Waals surface area (Å²) >= 11 is 7.97. The average molecular weight is 508 g/mol. The monoisotopic (exact) mass is 507 g/mol. The van der Waals surface area contributed by atoms with Crippen LogP contribution in [0.5, 0.6) is 5.75 Å². The number of nitrogens with zero attached hydrogens (tertiary/aromatic N) is 1. The van der Waals surface area contributed by atoms with Crippen LogP contribution in [-0.4, -0.2) is 24.2 Å². The molecule has 0 aliphatic carbocycles. The van der Waals surface area contributed by atoms with Gasteiger partial charge in [-0.05, 0) is 47.0 Å². The summed E-state index contributed by atoms with van der Waals surface area (Å²) in [6, 6.07) is 21.8. The smallest absolute Gasteiger partial charge is 0.302 e. The molecule has 0 radical (unpaired) electrons. The third-order valence-corrected chi connectivity index (χ3v) is 6.54. The molecule has 0 aliphatic rings. The van der Waals surface area contributed by atoms with Crippen LogP contribution in [0.2, 0.25) is 5.02 Å². The molecular weight excluding hydrogens is 485 g/mol. The van der Waals surface area contributed by atoms with Gasteiger partial charge < -0.3 is 9.47 Å². The topological polar surface area (TPSA) is 48.4 Å². The van der Waals surface area contributed by atoms with Gasteiger partial charge in [0, 0.05) is 25.1 Å². The molecule has 4 aromatic rings. The summed E-state index contributed by atoms with van der Waals surface area (Å²) in [5.41, 5.74) is 3.76. The lowest BCUT2D eigenvalue weighted by molar-refractivity contribution is -0.140. The molecule has 0 N–H and O–H groups in total. The Morgan fingerprint density at radius 3 is 2.57 bits per heavy atom. The van der Waals surface area contributed by atoms with Crippen LogP contribution in [0, 0.1) is 5.82 Å². The summed E-state index contributed by atoms with van der Waals surface area (Å²) in [7, 11) is 0. The van der Waals surface area contributed by atoms with Gasteiger partial charge in [-0.2, -0.15) is 0 Å². The Kier molecular flexibility index (Phi) is 8.29. The van der Waals surface area contributed by atoms with Crippen LogP contribution in [0.4, 0.5) is 4.39 Å². The van der Waals surface area contributed by atoms with E-state index in [1.807, 2.05) is 48.7 Å². The van der Waals surface area contributed by atoms with Crippen LogP contribution in [0.1, 0.15) is 22.9 Å². The van der Waals surface area contributed by atoms with Crippen molar-refractivity contribution in [3.8, 4) is 16.3 Å². The third kappa shape index (κ3) is 6.78. The van der Waals surface area contributed by atoms with Gasteiger partial charge in [-0.15, -0.1) is 11.3 Å². The molecule has 0 fully saturated rings. The number of thiazole rings is 1. The van der Waals surface area contributed by atoms with E-state index in [2.05, 4.69) is 4.98 Å². The number of hydrogen-bond acceptors (Lipinski definition) is 5. The first-order chi connectivity index (χ1) is 17.0. The number of benzene rings is 3. The molecule has 0 amide bonds. The van der Waals surface area contributed by atoms with Crippen LogP contribution in [0.25, 0.3) is 16.1 Å². The van der Waals surface area contributed by atoms with Crippen molar-refractivity contribution < 1.29 is 18.7 Å². The molecular formula is C28H23ClFNO3S. The average Bonchev–Trinajstić information content (AvgIpc) is 3.34. The highest BCUT2D eigenvalue weighted by Crippen LogP contribution is 2.33. The molecule has 0 aliphatic heterocycles. The standard InChI is InChI=1S/C28H23ClFNO3S/c1-19(32)33-15-13-20-7-12-26(25(29)17-20)34-16-14-24(21-8-10-23(30)11-9-21)27-18-31-28(35-27)22-5-3-2-4-6-22/h2-12,14,17-18H,13,15-16H2,1H3/b24-14-. The Bertz CT molecular complexity index is 1320. The van der Waals surface area contributed by atoms with E-state index >= 15 is 0 Å². The molecule has 0 spiro atoms. The molecule has 35 heavy (non-hydrogen) atoms. The molecule has 1 aromatic heterocycles. The van der Waals surface area contributed by atoms with Crippen LogP contribution in [-0.2, 0) is 16.0 Å². The van der Waals surface area contributed by atoms with Gasteiger partial charge in [-0.3, -0.25) is 4.79 Å². The normalized spacial score (nSPS) is 11.3. The number of halogens is 2. The largest absolute Gasteiger partial charge is 0.488 e. The fourth-order valence-electron chi connectivity index (χ4n) is 3.45. The number of rotatable bonds is 9. The molecule has 0 bridgehead atoms. The number of hydrogen-bond donors (Lipinski definition) is 0. The van der Waals surface area contributed by atoms with Gasteiger partial charge in [0.2, 0.25) is 0 Å².